The van der Waals surface area contributed by atoms with Crippen LogP contribution in [0.1, 0.15) is 11.3 Å². The van der Waals surface area contributed by atoms with Crippen molar-refractivity contribution in [2.45, 2.75) is 24.0 Å². The molecule has 1 atom stereocenters. The van der Waals surface area contributed by atoms with Gasteiger partial charge in [-0.1, -0.05) is 0 Å². The Morgan fingerprint density at radius 2 is 2.21 bits per heavy atom. The molecule has 1 unspecified atom stereocenters. The largest absolute Gasteiger partial charge is 0.391 e. The third kappa shape index (κ3) is 2.84. The molecule has 0 aliphatic carbocycles. The molecule has 0 spiro atoms. The van der Waals surface area contributed by atoms with Crippen LogP contribution in [0.15, 0.2) is 16.3 Å². The van der Waals surface area contributed by atoms with Crippen LogP contribution in [0.4, 0.5) is 0 Å². The Morgan fingerprint density at radius 1 is 1.53 bits per heavy atom. The van der Waals surface area contributed by atoms with Crippen LogP contribution in [-0.4, -0.2) is 50.8 Å². The van der Waals surface area contributed by atoms with Crippen LogP contribution >= 0.6 is 11.3 Å². The molecule has 0 radical (unpaired) electrons. The molecular formula is C10H15NO5S3. The summed E-state index contributed by atoms with van der Waals surface area (Å²) in [7, 11) is -5.50. The van der Waals surface area contributed by atoms with E-state index in [9.17, 15) is 16.8 Å². The van der Waals surface area contributed by atoms with E-state index in [0.29, 0.717) is 11.3 Å². The maximum Gasteiger partial charge on any atom is 0.244 e. The zero-order valence-corrected chi connectivity index (χ0v) is 12.8. The Hall–Kier alpha value is -0.480. The lowest BCUT2D eigenvalue weighted by Crippen LogP contribution is -2.37. The summed E-state index contributed by atoms with van der Waals surface area (Å²) >= 11 is 1.16. The number of aliphatic hydroxyl groups excluding tert-OH is 1. The molecule has 19 heavy (non-hydrogen) atoms. The fourth-order valence-electron chi connectivity index (χ4n) is 2.09. The molecule has 9 heteroatoms. The average molecular weight is 325 g/mol. The van der Waals surface area contributed by atoms with E-state index in [-0.39, 0.29) is 23.0 Å². The molecule has 0 bridgehead atoms. The van der Waals surface area contributed by atoms with Crippen LogP contribution < -0.4 is 0 Å². The van der Waals surface area contributed by atoms with E-state index in [2.05, 4.69) is 0 Å². The van der Waals surface area contributed by atoms with Crippen molar-refractivity contribution in [1.29, 1.82) is 0 Å². The number of sulfone groups is 1. The maximum absolute atomic E-state index is 12.4. The summed E-state index contributed by atoms with van der Waals surface area (Å²) in [6.07, 6.45) is 0.316. The molecule has 1 aromatic rings. The van der Waals surface area contributed by atoms with Gasteiger partial charge in [0.1, 0.15) is 0 Å². The molecule has 1 N–H and O–H groups in total. The third-order valence-electron chi connectivity index (χ3n) is 3.23. The van der Waals surface area contributed by atoms with Crippen molar-refractivity contribution in [1.82, 2.24) is 4.31 Å². The smallest absolute Gasteiger partial charge is 0.244 e. The first-order chi connectivity index (χ1) is 8.78. The number of nitrogens with zero attached hydrogens (tertiary/aromatic N) is 1. The number of thiophene rings is 1. The highest BCUT2D eigenvalue weighted by molar-refractivity contribution is 7.92. The quantitative estimate of drug-likeness (QED) is 0.844. The first-order valence-electron chi connectivity index (χ1n) is 5.63. The maximum atomic E-state index is 12.4. The molecular weight excluding hydrogens is 310 g/mol. The molecule has 1 aromatic heterocycles. The van der Waals surface area contributed by atoms with Gasteiger partial charge in [-0.05, 0) is 17.9 Å². The van der Waals surface area contributed by atoms with E-state index in [1.807, 2.05) is 0 Å². The van der Waals surface area contributed by atoms with Crippen LogP contribution in [0.25, 0.3) is 0 Å². The summed E-state index contributed by atoms with van der Waals surface area (Å²) in [5, 5.41) is 10.7. The average Bonchev–Trinajstić information content (AvgIpc) is 2.94. The summed E-state index contributed by atoms with van der Waals surface area (Å²) < 4.78 is 48.8. The molecule has 6 nitrogen and oxygen atoms in total. The van der Waals surface area contributed by atoms with E-state index in [1.165, 1.54) is 13.1 Å². The number of hydrogen-bond donors (Lipinski definition) is 1. The highest BCUT2D eigenvalue weighted by Gasteiger charge is 2.37. The van der Waals surface area contributed by atoms with Gasteiger partial charge in [-0.3, -0.25) is 0 Å². The molecule has 0 saturated carbocycles. The topological polar surface area (TPSA) is 91.8 Å². The fraction of sp³-hybridized carbons (Fsp3) is 0.600. The number of hydrogen-bond acceptors (Lipinski definition) is 6. The van der Waals surface area contributed by atoms with E-state index in [0.717, 1.165) is 15.6 Å². The predicted molar refractivity (Wildman–Crippen MR) is 72.2 cm³/mol. The van der Waals surface area contributed by atoms with Gasteiger partial charge in [-0.2, -0.15) is 4.31 Å². The van der Waals surface area contributed by atoms with Crippen LogP contribution in [-0.2, 0) is 26.5 Å². The molecule has 1 aliphatic heterocycles. The first-order valence-corrected chi connectivity index (χ1v) is 9.78. The summed E-state index contributed by atoms with van der Waals surface area (Å²) in [6.45, 7) is -0.344. The molecule has 108 valence electrons. The molecule has 1 saturated heterocycles. The van der Waals surface area contributed by atoms with Gasteiger partial charge in [0.2, 0.25) is 10.0 Å². The van der Waals surface area contributed by atoms with Gasteiger partial charge < -0.3 is 5.11 Å². The van der Waals surface area contributed by atoms with Crippen molar-refractivity contribution in [3.63, 3.8) is 0 Å². The normalized spacial score (nSPS) is 23.0. The lowest BCUT2D eigenvalue weighted by atomic mass is 10.3. The van der Waals surface area contributed by atoms with Gasteiger partial charge in [0, 0.05) is 18.0 Å². The second-order valence-electron chi connectivity index (χ2n) is 4.44. The molecule has 0 amide bonds. The fourth-order valence-corrected chi connectivity index (χ4v) is 6.60. The number of aliphatic hydroxyl groups is 1. The minimum Gasteiger partial charge on any atom is -0.391 e. The molecule has 1 fully saturated rings. The Labute approximate surface area is 116 Å². The second-order valence-corrected chi connectivity index (χ2v) is 9.64. The lowest BCUT2D eigenvalue weighted by molar-refractivity contribution is 0.282. The van der Waals surface area contributed by atoms with Crippen LogP contribution in [0.5, 0.6) is 0 Å². The Morgan fingerprint density at radius 3 is 2.74 bits per heavy atom. The third-order valence-corrected chi connectivity index (χ3v) is 8.01. The highest BCUT2D eigenvalue weighted by atomic mass is 32.2. The summed E-state index contributed by atoms with van der Waals surface area (Å²) in [6, 6.07) is 0.910. The number of rotatable bonds is 4. The Balaban J connectivity index is 2.30. The van der Waals surface area contributed by atoms with Crippen molar-refractivity contribution in [3.05, 3.63) is 16.3 Å². The zero-order chi connectivity index (χ0) is 14.3. The zero-order valence-electron chi connectivity index (χ0n) is 10.3. The van der Waals surface area contributed by atoms with Crippen molar-refractivity contribution < 1.29 is 21.9 Å². The van der Waals surface area contributed by atoms with Crippen molar-refractivity contribution in [3.8, 4) is 0 Å². The number of sulfonamides is 1. The lowest BCUT2D eigenvalue weighted by Gasteiger charge is -2.22. The van der Waals surface area contributed by atoms with Crippen molar-refractivity contribution in [2.24, 2.45) is 0 Å². The predicted octanol–water partition coefficient (Wildman–Crippen LogP) is 0.0480. The van der Waals surface area contributed by atoms with Gasteiger partial charge >= 0.3 is 0 Å². The minimum atomic E-state index is -3.75. The van der Waals surface area contributed by atoms with E-state index >= 15 is 0 Å². The standard InChI is InChI=1S/C10H15NO5S3/c1-11(8-3-5-18(13,14)7-8)19(15,16)10-2-4-17-9(10)6-12/h2,4,8,12H,3,5-7H2,1H3. The van der Waals surface area contributed by atoms with Crippen LogP contribution in [0.3, 0.4) is 0 Å². The minimum absolute atomic E-state index is 0.0218. The monoisotopic (exact) mass is 325 g/mol. The molecule has 2 heterocycles. The van der Waals surface area contributed by atoms with Crippen molar-refractivity contribution in [2.75, 3.05) is 18.6 Å². The molecule has 0 aromatic carbocycles. The van der Waals surface area contributed by atoms with E-state index in [4.69, 9.17) is 5.11 Å². The van der Waals surface area contributed by atoms with Gasteiger partial charge in [-0.25, -0.2) is 16.8 Å². The summed E-state index contributed by atoms with van der Waals surface area (Å²) in [5.74, 6) is -0.116. The summed E-state index contributed by atoms with van der Waals surface area (Å²) in [4.78, 5) is 0.430. The highest BCUT2D eigenvalue weighted by Crippen LogP contribution is 2.28. The SMILES string of the molecule is CN(C1CCS(=O)(=O)C1)S(=O)(=O)c1ccsc1CO. The molecule has 2 rings (SSSR count). The molecule has 1 aliphatic rings. The van der Waals surface area contributed by atoms with E-state index in [1.54, 1.807) is 5.38 Å². The van der Waals surface area contributed by atoms with Crippen LogP contribution in [0.2, 0.25) is 0 Å². The van der Waals surface area contributed by atoms with Gasteiger partial charge in [0.25, 0.3) is 0 Å². The Kier molecular flexibility index (Phi) is 4.03. The Bertz CT molecular complexity index is 661. The van der Waals surface area contributed by atoms with Crippen molar-refractivity contribution >= 4 is 31.2 Å². The van der Waals surface area contributed by atoms with E-state index < -0.39 is 25.9 Å². The van der Waals surface area contributed by atoms with Crippen LogP contribution in [0, 0.1) is 0 Å². The first kappa shape index (κ1) is 14.9. The van der Waals surface area contributed by atoms with Gasteiger partial charge in [-0.15, -0.1) is 11.3 Å². The van der Waals surface area contributed by atoms with Gasteiger partial charge in [0.15, 0.2) is 9.84 Å². The second kappa shape index (κ2) is 5.13. The van der Waals surface area contributed by atoms with Gasteiger partial charge in [0.05, 0.1) is 23.0 Å². The summed E-state index contributed by atoms with van der Waals surface area (Å²) in [5.41, 5.74) is 0.